The minimum absolute atomic E-state index is 0.159. The third-order valence-electron chi connectivity index (χ3n) is 4.53. The minimum atomic E-state index is -0.187. The molecule has 5 nitrogen and oxygen atoms in total. The fourth-order valence-corrected chi connectivity index (χ4v) is 3.24. The average molecular weight is 336 g/mol. The van der Waals surface area contributed by atoms with E-state index in [2.05, 4.69) is 9.97 Å². The maximum atomic E-state index is 12.2. The first-order valence-electron chi connectivity index (χ1n) is 8.64. The predicted octanol–water partition coefficient (Wildman–Crippen LogP) is 3.82. The molecule has 0 amide bonds. The van der Waals surface area contributed by atoms with Crippen LogP contribution in [0, 0.1) is 0 Å². The lowest BCUT2D eigenvalue weighted by molar-refractivity contribution is 0.211. The molecule has 3 aromatic rings. The average Bonchev–Trinajstić information content (AvgIpc) is 3.14. The zero-order valence-electron chi connectivity index (χ0n) is 13.9. The monoisotopic (exact) mass is 336 g/mol. The molecule has 4 rings (SSSR count). The summed E-state index contributed by atoms with van der Waals surface area (Å²) >= 11 is 0. The molecule has 25 heavy (non-hydrogen) atoms. The Morgan fingerprint density at radius 2 is 1.92 bits per heavy atom. The number of ether oxygens (including phenoxy) is 2. The molecule has 1 heterocycles. The van der Waals surface area contributed by atoms with Crippen LogP contribution in [0.5, 0.6) is 11.5 Å². The van der Waals surface area contributed by atoms with Gasteiger partial charge in [-0.1, -0.05) is 30.3 Å². The Morgan fingerprint density at radius 3 is 2.72 bits per heavy atom. The van der Waals surface area contributed by atoms with Gasteiger partial charge in [0.05, 0.1) is 17.9 Å². The lowest BCUT2D eigenvalue weighted by Crippen LogP contribution is -2.15. The predicted molar refractivity (Wildman–Crippen MR) is 96.0 cm³/mol. The van der Waals surface area contributed by atoms with Crippen molar-refractivity contribution < 1.29 is 9.47 Å². The van der Waals surface area contributed by atoms with Crippen LogP contribution in [-0.4, -0.2) is 16.1 Å². The van der Waals surface area contributed by atoms with Gasteiger partial charge in [0.25, 0.3) is 5.56 Å². The van der Waals surface area contributed by atoms with E-state index >= 15 is 0 Å². The molecule has 0 unspecified atom stereocenters. The molecule has 5 heteroatoms. The van der Waals surface area contributed by atoms with Crippen LogP contribution >= 0.6 is 0 Å². The van der Waals surface area contributed by atoms with E-state index in [1.807, 2.05) is 30.3 Å². The SMILES string of the molecule is O=c1[nH]cnc2cc(OCc3ccccc3)cc(OC3CCCC3)c12. The highest BCUT2D eigenvalue weighted by molar-refractivity contribution is 5.85. The van der Waals surface area contributed by atoms with E-state index in [0.29, 0.717) is 29.0 Å². The molecule has 1 aliphatic rings. The number of rotatable bonds is 5. The van der Waals surface area contributed by atoms with Gasteiger partial charge in [0.1, 0.15) is 23.5 Å². The Balaban J connectivity index is 1.66. The van der Waals surface area contributed by atoms with E-state index < -0.39 is 0 Å². The van der Waals surface area contributed by atoms with Gasteiger partial charge in [0.2, 0.25) is 0 Å². The molecule has 1 fully saturated rings. The van der Waals surface area contributed by atoms with Crippen molar-refractivity contribution in [2.45, 2.75) is 38.4 Å². The van der Waals surface area contributed by atoms with Crippen LogP contribution in [0.25, 0.3) is 10.9 Å². The summed E-state index contributed by atoms with van der Waals surface area (Å²) in [6.07, 6.45) is 5.95. The highest BCUT2D eigenvalue weighted by Crippen LogP contribution is 2.32. The van der Waals surface area contributed by atoms with Gasteiger partial charge in [-0.2, -0.15) is 0 Å². The largest absolute Gasteiger partial charge is 0.489 e. The van der Waals surface area contributed by atoms with Crippen LogP contribution < -0.4 is 15.0 Å². The summed E-state index contributed by atoms with van der Waals surface area (Å²) in [5.74, 6) is 1.21. The second-order valence-electron chi connectivity index (χ2n) is 6.35. The molecule has 2 aromatic carbocycles. The van der Waals surface area contributed by atoms with Gasteiger partial charge in [-0.05, 0) is 31.2 Å². The summed E-state index contributed by atoms with van der Waals surface area (Å²) in [5.41, 5.74) is 1.48. The van der Waals surface area contributed by atoms with Crippen molar-refractivity contribution >= 4 is 10.9 Å². The van der Waals surface area contributed by atoms with Gasteiger partial charge in [-0.25, -0.2) is 4.98 Å². The van der Waals surface area contributed by atoms with Crippen LogP contribution in [0.15, 0.2) is 53.6 Å². The lowest BCUT2D eigenvalue weighted by Gasteiger charge is -2.16. The van der Waals surface area contributed by atoms with E-state index in [0.717, 1.165) is 18.4 Å². The molecule has 0 spiro atoms. The Morgan fingerprint density at radius 1 is 1.12 bits per heavy atom. The smallest absolute Gasteiger partial charge is 0.262 e. The summed E-state index contributed by atoms with van der Waals surface area (Å²) in [6.45, 7) is 0.457. The number of benzene rings is 2. The second kappa shape index (κ2) is 6.97. The van der Waals surface area contributed by atoms with Crippen LogP contribution in [-0.2, 0) is 6.61 Å². The Labute approximate surface area is 145 Å². The first kappa shape index (κ1) is 15.7. The van der Waals surface area contributed by atoms with Gasteiger partial charge in [-0.3, -0.25) is 4.79 Å². The molecule has 0 bridgehead atoms. The molecular weight excluding hydrogens is 316 g/mol. The maximum absolute atomic E-state index is 12.2. The molecule has 0 saturated heterocycles. The van der Waals surface area contributed by atoms with Crippen molar-refractivity contribution in [3.8, 4) is 11.5 Å². The zero-order chi connectivity index (χ0) is 17.1. The van der Waals surface area contributed by atoms with E-state index in [1.54, 1.807) is 12.1 Å². The number of aromatic nitrogens is 2. The molecule has 1 aromatic heterocycles. The quantitative estimate of drug-likeness (QED) is 0.769. The van der Waals surface area contributed by atoms with Crippen molar-refractivity contribution in [1.82, 2.24) is 9.97 Å². The summed E-state index contributed by atoms with van der Waals surface area (Å²) in [7, 11) is 0. The molecule has 128 valence electrons. The number of H-pyrrole nitrogens is 1. The highest BCUT2D eigenvalue weighted by atomic mass is 16.5. The molecular formula is C20H20N2O3. The molecule has 1 aliphatic carbocycles. The maximum Gasteiger partial charge on any atom is 0.262 e. The zero-order valence-corrected chi connectivity index (χ0v) is 13.9. The molecule has 0 atom stereocenters. The third kappa shape index (κ3) is 3.50. The van der Waals surface area contributed by atoms with E-state index in [1.165, 1.54) is 19.2 Å². The van der Waals surface area contributed by atoms with Gasteiger partial charge in [0, 0.05) is 12.1 Å². The van der Waals surface area contributed by atoms with Crippen LogP contribution in [0.3, 0.4) is 0 Å². The van der Waals surface area contributed by atoms with E-state index in [-0.39, 0.29) is 11.7 Å². The summed E-state index contributed by atoms with van der Waals surface area (Å²) < 4.78 is 12.0. The first-order chi connectivity index (χ1) is 12.3. The number of nitrogens with one attached hydrogen (secondary N) is 1. The minimum Gasteiger partial charge on any atom is -0.489 e. The molecule has 1 N–H and O–H groups in total. The molecule has 1 saturated carbocycles. The summed E-state index contributed by atoms with van der Waals surface area (Å²) in [6, 6.07) is 13.6. The number of hydrogen-bond acceptors (Lipinski definition) is 4. The van der Waals surface area contributed by atoms with E-state index in [9.17, 15) is 4.79 Å². The Bertz CT molecular complexity index is 915. The van der Waals surface area contributed by atoms with Gasteiger partial charge in [-0.15, -0.1) is 0 Å². The summed E-state index contributed by atoms with van der Waals surface area (Å²) in [4.78, 5) is 19.2. The van der Waals surface area contributed by atoms with Crippen LogP contribution in [0.4, 0.5) is 0 Å². The fourth-order valence-electron chi connectivity index (χ4n) is 3.24. The number of aromatic amines is 1. The number of hydrogen-bond donors (Lipinski definition) is 1. The van der Waals surface area contributed by atoms with E-state index in [4.69, 9.17) is 9.47 Å². The second-order valence-corrected chi connectivity index (χ2v) is 6.35. The molecule has 0 aliphatic heterocycles. The van der Waals surface area contributed by atoms with Gasteiger partial charge in [0.15, 0.2) is 0 Å². The highest BCUT2D eigenvalue weighted by Gasteiger charge is 2.19. The summed E-state index contributed by atoms with van der Waals surface area (Å²) in [5, 5.41) is 0.487. The van der Waals surface area contributed by atoms with Crippen molar-refractivity contribution in [2.75, 3.05) is 0 Å². The van der Waals surface area contributed by atoms with Crippen LogP contribution in [0.2, 0.25) is 0 Å². The van der Waals surface area contributed by atoms with Crippen molar-refractivity contribution in [3.05, 3.63) is 64.7 Å². The Kier molecular flexibility index (Phi) is 4.37. The van der Waals surface area contributed by atoms with Gasteiger partial charge < -0.3 is 14.5 Å². The lowest BCUT2D eigenvalue weighted by atomic mass is 10.2. The van der Waals surface area contributed by atoms with Crippen LogP contribution in [0.1, 0.15) is 31.2 Å². The molecule has 0 radical (unpaired) electrons. The number of nitrogens with zero attached hydrogens (tertiary/aromatic N) is 1. The van der Waals surface area contributed by atoms with Crippen molar-refractivity contribution in [3.63, 3.8) is 0 Å². The topological polar surface area (TPSA) is 64.2 Å². The Hall–Kier alpha value is -2.82. The standard InChI is InChI=1S/C20H20N2O3/c23-20-19-17(21-13-22-20)10-16(24-12-14-6-2-1-3-7-14)11-18(19)25-15-8-4-5-9-15/h1-3,6-7,10-11,13,15H,4-5,8-9,12H2,(H,21,22,23). The van der Waals surface area contributed by atoms with Crippen molar-refractivity contribution in [1.29, 1.82) is 0 Å². The van der Waals surface area contributed by atoms with Crippen molar-refractivity contribution in [2.24, 2.45) is 0 Å². The fraction of sp³-hybridized carbons (Fsp3) is 0.300. The first-order valence-corrected chi connectivity index (χ1v) is 8.64. The third-order valence-corrected chi connectivity index (χ3v) is 4.53. The van der Waals surface area contributed by atoms with Gasteiger partial charge >= 0.3 is 0 Å². The normalized spacial score (nSPS) is 14.7. The number of fused-ring (bicyclic) bond motifs is 1.